The molecule has 0 radical (unpaired) electrons. The van der Waals surface area contributed by atoms with Gasteiger partial charge in [0, 0.05) is 18.7 Å². The molecule has 2 aromatic carbocycles. The van der Waals surface area contributed by atoms with Gasteiger partial charge in [-0.05, 0) is 30.7 Å². The Morgan fingerprint density at radius 3 is 2.41 bits per heavy atom. The van der Waals surface area contributed by atoms with Crippen LogP contribution in [0.5, 0.6) is 0 Å². The van der Waals surface area contributed by atoms with Crippen LogP contribution >= 0.6 is 0 Å². The number of morpholine rings is 1. The first-order valence-electron chi connectivity index (χ1n) is 9.19. The van der Waals surface area contributed by atoms with Crippen LogP contribution in [0.25, 0.3) is 0 Å². The number of carbonyl (C=O) groups excluding carboxylic acids is 2. The summed E-state index contributed by atoms with van der Waals surface area (Å²) in [6, 6.07) is 13.2. The minimum absolute atomic E-state index is 0.0260. The lowest BCUT2D eigenvalue weighted by Gasteiger charge is -2.26. The Morgan fingerprint density at radius 1 is 1.03 bits per heavy atom. The topological polar surface area (TPSA) is 105 Å². The molecule has 0 aromatic heterocycles. The Hall–Kier alpha value is -2.75. The van der Waals surface area contributed by atoms with Crippen LogP contribution in [0.2, 0.25) is 0 Å². The van der Waals surface area contributed by atoms with Gasteiger partial charge in [-0.1, -0.05) is 35.9 Å². The number of hydrazine groups is 1. The van der Waals surface area contributed by atoms with Gasteiger partial charge in [0.2, 0.25) is 15.9 Å². The van der Waals surface area contributed by atoms with Gasteiger partial charge >= 0.3 is 0 Å². The van der Waals surface area contributed by atoms with Crippen molar-refractivity contribution in [2.75, 3.05) is 26.3 Å². The molecule has 1 heterocycles. The molecule has 3 rings (SSSR count). The molecule has 1 aliphatic heterocycles. The third kappa shape index (κ3) is 5.41. The highest BCUT2D eigenvalue weighted by Crippen LogP contribution is 2.18. The summed E-state index contributed by atoms with van der Waals surface area (Å²) in [5.74, 6) is -0.972. The molecule has 1 fully saturated rings. The van der Waals surface area contributed by atoms with Crippen molar-refractivity contribution in [2.24, 2.45) is 0 Å². The highest BCUT2D eigenvalue weighted by Gasteiger charge is 2.26. The molecule has 0 bridgehead atoms. The van der Waals surface area contributed by atoms with Crippen molar-refractivity contribution >= 4 is 21.8 Å². The first kappa shape index (κ1) is 21.0. The minimum atomic E-state index is -3.71. The molecule has 0 atom stereocenters. The Balaban J connectivity index is 1.61. The van der Waals surface area contributed by atoms with E-state index in [0.29, 0.717) is 13.2 Å². The molecule has 2 amide bonds. The average Bonchev–Trinajstić information content (AvgIpc) is 2.74. The fourth-order valence-corrected chi connectivity index (χ4v) is 4.32. The largest absolute Gasteiger partial charge is 0.379 e. The van der Waals surface area contributed by atoms with E-state index in [1.165, 1.54) is 28.6 Å². The van der Waals surface area contributed by atoms with E-state index in [9.17, 15) is 18.0 Å². The molecule has 0 aliphatic carbocycles. The van der Waals surface area contributed by atoms with Crippen LogP contribution in [0, 0.1) is 6.92 Å². The van der Waals surface area contributed by atoms with Crippen molar-refractivity contribution in [1.29, 1.82) is 0 Å². The highest BCUT2D eigenvalue weighted by molar-refractivity contribution is 7.89. The molecule has 2 N–H and O–H groups in total. The van der Waals surface area contributed by atoms with Gasteiger partial charge in [0.1, 0.15) is 0 Å². The Bertz CT molecular complexity index is 983. The van der Waals surface area contributed by atoms with E-state index in [4.69, 9.17) is 4.74 Å². The van der Waals surface area contributed by atoms with Gasteiger partial charge in [0.15, 0.2) is 0 Å². The van der Waals surface area contributed by atoms with E-state index < -0.39 is 15.9 Å². The lowest BCUT2D eigenvalue weighted by Crippen LogP contribution is -2.42. The molecule has 154 valence electrons. The molecule has 1 saturated heterocycles. The molecular formula is C20H23N3O5S. The lowest BCUT2D eigenvalue weighted by atomic mass is 10.1. The minimum Gasteiger partial charge on any atom is -0.379 e. The van der Waals surface area contributed by atoms with Gasteiger partial charge in [-0.2, -0.15) is 4.31 Å². The van der Waals surface area contributed by atoms with Crippen molar-refractivity contribution in [2.45, 2.75) is 18.2 Å². The monoisotopic (exact) mass is 417 g/mol. The standard InChI is InChI=1S/C20H23N3O5S/c1-15-5-7-16(8-6-15)13-19(24)21-22-20(25)17-3-2-4-18(14-17)29(26,27)23-9-11-28-12-10-23/h2-8,14H,9-13H2,1H3,(H,21,24)(H,22,25). The van der Waals surface area contributed by atoms with E-state index in [0.717, 1.165) is 11.1 Å². The van der Waals surface area contributed by atoms with Crippen LogP contribution in [-0.2, 0) is 26.0 Å². The second-order valence-corrected chi connectivity index (χ2v) is 8.65. The van der Waals surface area contributed by atoms with Gasteiger partial charge in [0.05, 0.1) is 24.5 Å². The number of hydrogen-bond donors (Lipinski definition) is 2. The fourth-order valence-electron chi connectivity index (χ4n) is 2.87. The van der Waals surface area contributed by atoms with Gasteiger partial charge in [-0.15, -0.1) is 0 Å². The Kier molecular flexibility index (Phi) is 6.63. The predicted octanol–water partition coefficient (Wildman–Crippen LogP) is 1.02. The maximum absolute atomic E-state index is 12.7. The van der Waals surface area contributed by atoms with E-state index in [1.807, 2.05) is 31.2 Å². The number of nitrogens with one attached hydrogen (secondary N) is 2. The number of hydrogen-bond acceptors (Lipinski definition) is 5. The zero-order valence-corrected chi connectivity index (χ0v) is 16.9. The summed E-state index contributed by atoms with van der Waals surface area (Å²) in [7, 11) is -3.71. The first-order chi connectivity index (χ1) is 13.9. The Labute approximate surface area is 169 Å². The molecule has 8 nitrogen and oxygen atoms in total. The van der Waals surface area contributed by atoms with E-state index in [-0.39, 0.29) is 35.9 Å². The van der Waals surface area contributed by atoms with Gasteiger partial charge in [-0.3, -0.25) is 20.4 Å². The van der Waals surface area contributed by atoms with Gasteiger partial charge < -0.3 is 4.74 Å². The lowest BCUT2D eigenvalue weighted by molar-refractivity contribution is -0.121. The van der Waals surface area contributed by atoms with Crippen molar-refractivity contribution in [1.82, 2.24) is 15.2 Å². The summed E-state index contributed by atoms with van der Waals surface area (Å²) in [6.07, 6.45) is 0.117. The molecule has 2 aromatic rings. The third-order valence-corrected chi connectivity index (χ3v) is 6.40. The van der Waals surface area contributed by atoms with Crippen LogP contribution in [0.15, 0.2) is 53.4 Å². The first-order valence-corrected chi connectivity index (χ1v) is 10.6. The van der Waals surface area contributed by atoms with Gasteiger partial charge in [0.25, 0.3) is 5.91 Å². The Morgan fingerprint density at radius 2 is 1.72 bits per heavy atom. The third-order valence-electron chi connectivity index (χ3n) is 4.50. The predicted molar refractivity (Wildman–Crippen MR) is 107 cm³/mol. The SMILES string of the molecule is Cc1ccc(CC(=O)NNC(=O)c2cccc(S(=O)(=O)N3CCOCC3)c2)cc1. The van der Waals surface area contributed by atoms with E-state index in [2.05, 4.69) is 10.9 Å². The average molecular weight is 417 g/mol. The number of amides is 2. The summed E-state index contributed by atoms with van der Waals surface area (Å²) in [6.45, 7) is 3.18. The zero-order chi connectivity index (χ0) is 20.9. The molecule has 0 unspecified atom stereocenters. The molecule has 9 heteroatoms. The van der Waals surface area contributed by atoms with Crippen LogP contribution < -0.4 is 10.9 Å². The van der Waals surface area contributed by atoms with Crippen molar-refractivity contribution in [3.63, 3.8) is 0 Å². The summed E-state index contributed by atoms with van der Waals surface area (Å²) in [5.41, 5.74) is 6.72. The van der Waals surface area contributed by atoms with Gasteiger partial charge in [-0.25, -0.2) is 8.42 Å². The summed E-state index contributed by atoms with van der Waals surface area (Å²) in [5, 5.41) is 0. The molecule has 1 aliphatic rings. The smallest absolute Gasteiger partial charge is 0.269 e. The molecule has 0 spiro atoms. The molecular weight excluding hydrogens is 394 g/mol. The quantitative estimate of drug-likeness (QED) is 0.707. The number of aryl methyl sites for hydroxylation is 1. The van der Waals surface area contributed by atoms with Crippen LogP contribution in [-0.4, -0.2) is 50.8 Å². The maximum Gasteiger partial charge on any atom is 0.269 e. The van der Waals surface area contributed by atoms with E-state index in [1.54, 1.807) is 0 Å². The number of ether oxygens (including phenoxy) is 1. The van der Waals surface area contributed by atoms with Crippen LogP contribution in [0.4, 0.5) is 0 Å². The molecule has 0 saturated carbocycles. The van der Waals surface area contributed by atoms with Crippen molar-refractivity contribution in [3.05, 3.63) is 65.2 Å². The summed E-state index contributed by atoms with van der Waals surface area (Å²) < 4.78 is 32.0. The van der Waals surface area contributed by atoms with E-state index >= 15 is 0 Å². The van der Waals surface area contributed by atoms with Crippen LogP contribution in [0.3, 0.4) is 0 Å². The number of rotatable bonds is 5. The normalized spacial score (nSPS) is 14.9. The maximum atomic E-state index is 12.7. The number of sulfonamides is 1. The number of benzene rings is 2. The van der Waals surface area contributed by atoms with Crippen molar-refractivity contribution < 1.29 is 22.7 Å². The number of carbonyl (C=O) groups is 2. The number of nitrogens with zero attached hydrogens (tertiary/aromatic N) is 1. The highest BCUT2D eigenvalue weighted by atomic mass is 32.2. The zero-order valence-electron chi connectivity index (χ0n) is 16.1. The van der Waals surface area contributed by atoms with Crippen LogP contribution in [0.1, 0.15) is 21.5 Å². The fraction of sp³-hybridized carbons (Fsp3) is 0.300. The van der Waals surface area contributed by atoms with Crippen molar-refractivity contribution in [3.8, 4) is 0 Å². The summed E-state index contributed by atoms with van der Waals surface area (Å²) >= 11 is 0. The summed E-state index contributed by atoms with van der Waals surface area (Å²) in [4.78, 5) is 24.4. The molecule has 29 heavy (non-hydrogen) atoms. The second kappa shape index (κ2) is 9.17. The second-order valence-electron chi connectivity index (χ2n) is 6.71.